The monoisotopic (exact) mass is 352 g/mol. The highest BCUT2D eigenvalue weighted by Crippen LogP contribution is 2.12. The molecule has 0 amide bonds. The quantitative estimate of drug-likeness (QED) is 0.809. The van der Waals surface area contributed by atoms with E-state index in [0.717, 1.165) is 29.8 Å². The first-order chi connectivity index (χ1) is 9.67. The summed E-state index contributed by atoms with van der Waals surface area (Å²) in [5, 5.41) is 11.2. The summed E-state index contributed by atoms with van der Waals surface area (Å²) in [7, 11) is 0. The maximum Gasteiger partial charge on any atom is 0.171 e. The van der Waals surface area contributed by atoms with Crippen LogP contribution in [0.1, 0.15) is 18.9 Å². The van der Waals surface area contributed by atoms with E-state index < -0.39 is 0 Å². The van der Waals surface area contributed by atoms with Crippen LogP contribution in [0, 0.1) is 0 Å². The maximum atomic E-state index is 5.18. The van der Waals surface area contributed by atoms with Crippen LogP contribution < -0.4 is 10.6 Å². The molecule has 0 aliphatic carbocycles. The minimum absolute atomic E-state index is 0.612. The van der Waals surface area contributed by atoms with Crippen molar-refractivity contribution in [2.45, 2.75) is 19.9 Å². The van der Waals surface area contributed by atoms with Crippen LogP contribution in [0.2, 0.25) is 0 Å². The van der Waals surface area contributed by atoms with Gasteiger partial charge in [-0.3, -0.25) is 4.68 Å². The Balaban J connectivity index is 1.91. The number of hydrogen-bond acceptors (Lipinski definition) is 2. The van der Waals surface area contributed by atoms with Gasteiger partial charge in [-0.1, -0.05) is 35.0 Å². The summed E-state index contributed by atoms with van der Waals surface area (Å²) in [6, 6.07) is 10.1. The average Bonchev–Trinajstić information content (AvgIpc) is 2.86. The van der Waals surface area contributed by atoms with E-state index in [9.17, 15) is 0 Å². The fourth-order valence-corrected chi connectivity index (χ4v) is 2.16. The molecule has 0 fully saturated rings. The minimum Gasteiger partial charge on any atom is -0.362 e. The molecular weight excluding hydrogens is 336 g/mol. The third-order valence-electron chi connectivity index (χ3n) is 2.68. The number of rotatable bonds is 5. The molecular formula is C14H17BrN4S. The van der Waals surface area contributed by atoms with Crippen LogP contribution in [0.5, 0.6) is 0 Å². The highest BCUT2D eigenvalue weighted by molar-refractivity contribution is 9.10. The van der Waals surface area contributed by atoms with Crippen LogP contribution in [0.4, 0.5) is 5.82 Å². The zero-order valence-corrected chi connectivity index (χ0v) is 13.7. The molecule has 1 aromatic heterocycles. The van der Waals surface area contributed by atoms with Crippen molar-refractivity contribution in [2.75, 3.05) is 11.9 Å². The zero-order valence-electron chi connectivity index (χ0n) is 11.3. The van der Waals surface area contributed by atoms with Crippen molar-refractivity contribution >= 4 is 39.1 Å². The molecule has 6 heteroatoms. The van der Waals surface area contributed by atoms with Gasteiger partial charge < -0.3 is 10.6 Å². The first-order valence-corrected chi connectivity index (χ1v) is 7.70. The Bertz CT molecular complexity index is 565. The Labute approximate surface area is 132 Å². The molecule has 0 aliphatic heterocycles. The number of hydrogen-bond donors (Lipinski definition) is 2. The van der Waals surface area contributed by atoms with Crippen LogP contribution in [0.3, 0.4) is 0 Å². The largest absolute Gasteiger partial charge is 0.362 e. The minimum atomic E-state index is 0.612. The molecule has 0 saturated heterocycles. The van der Waals surface area contributed by atoms with E-state index in [1.54, 1.807) is 0 Å². The molecule has 1 aromatic carbocycles. The Morgan fingerprint density at radius 3 is 2.75 bits per heavy atom. The lowest BCUT2D eigenvalue weighted by molar-refractivity contribution is 0.689. The molecule has 4 nitrogen and oxygen atoms in total. The number of halogens is 1. The third kappa shape index (κ3) is 4.61. The van der Waals surface area contributed by atoms with Crippen LogP contribution >= 0.6 is 28.1 Å². The van der Waals surface area contributed by atoms with E-state index in [1.165, 1.54) is 5.56 Å². The predicted molar refractivity (Wildman–Crippen MR) is 90.0 cm³/mol. The van der Waals surface area contributed by atoms with Gasteiger partial charge in [-0.15, -0.1) is 0 Å². The van der Waals surface area contributed by atoms with Gasteiger partial charge in [0, 0.05) is 23.3 Å². The molecule has 0 bridgehead atoms. The van der Waals surface area contributed by atoms with Crippen molar-refractivity contribution < 1.29 is 0 Å². The van der Waals surface area contributed by atoms with Gasteiger partial charge in [0.15, 0.2) is 10.9 Å². The van der Waals surface area contributed by atoms with Crippen LogP contribution in [0.15, 0.2) is 41.0 Å². The third-order valence-corrected chi connectivity index (χ3v) is 3.45. The second-order valence-electron chi connectivity index (χ2n) is 4.41. The SMILES string of the molecule is CCCNC(=S)Nc1ccn(Cc2ccc(Br)cc2)n1. The summed E-state index contributed by atoms with van der Waals surface area (Å²) in [5.74, 6) is 0.760. The molecule has 0 saturated carbocycles. The number of anilines is 1. The Morgan fingerprint density at radius 1 is 1.30 bits per heavy atom. The van der Waals surface area contributed by atoms with Crippen molar-refractivity contribution in [3.05, 3.63) is 46.6 Å². The van der Waals surface area contributed by atoms with Crippen LogP contribution in [0.25, 0.3) is 0 Å². The van der Waals surface area contributed by atoms with Gasteiger partial charge in [-0.05, 0) is 36.3 Å². The molecule has 0 unspecified atom stereocenters. The van der Waals surface area contributed by atoms with Gasteiger partial charge in [-0.2, -0.15) is 5.10 Å². The molecule has 2 N–H and O–H groups in total. The summed E-state index contributed by atoms with van der Waals surface area (Å²) < 4.78 is 2.96. The van der Waals surface area contributed by atoms with E-state index in [0.29, 0.717) is 5.11 Å². The molecule has 2 aromatic rings. The van der Waals surface area contributed by atoms with Crippen molar-refractivity contribution in [1.29, 1.82) is 0 Å². The van der Waals surface area contributed by atoms with Crippen LogP contribution in [-0.2, 0) is 6.54 Å². The Morgan fingerprint density at radius 2 is 2.05 bits per heavy atom. The van der Waals surface area contributed by atoms with Gasteiger partial charge in [0.2, 0.25) is 0 Å². The molecule has 0 spiro atoms. The van der Waals surface area contributed by atoms with Crippen molar-refractivity contribution in [3.8, 4) is 0 Å². The molecule has 0 radical (unpaired) electrons. The molecule has 1 heterocycles. The normalized spacial score (nSPS) is 10.3. The first-order valence-electron chi connectivity index (χ1n) is 6.50. The van der Waals surface area contributed by atoms with Gasteiger partial charge in [0.1, 0.15) is 0 Å². The second-order valence-corrected chi connectivity index (χ2v) is 5.73. The number of nitrogens with zero attached hydrogens (tertiary/aromatic N) is 2. The maximum absolute atomic E-state index is 5.18. The summed E-state index contributed by atoms with van der Waals surface area (Å²) in [4.78, 5) is 0. The molecule has 0 aliphatic rings. The van der Waals surface area contributed by atoms with Gasteiger partial charge >= 0.3 is 0 Å². The lowest BCUT2D eigenvalue weighted by atomic mass is 10.2. The van der Waals surface area contributed by atoms with Gasteiger partial charge in [-0.25, -0.2) is 0 Å². The Kier molecular flexibility index (Phi) is 5.55. The topological polar surface area (TPSA) is 41.9 Å². The molecule has 0 atom stereocenters. The number of thiocarbonyl (C=S) groups is 1. The highest BCUT2D eigenvalue weighted by Gasteiger charge is 2.02. The van der Waals surface area contributed by atoms with Crippen molar-refractivity contribution in [2.24, 2.45) is 0 Å². The van der Waals surface area contributed by atoms with Crippen molar-refractivity contribution in [1.82, 2.24) is 15.1 Å². The van der Waals surface area contributed by atoms with E-state index in [1.807, 2.05) is 29.1 Å². The number of aromatic nitrogens is 2. The van der Waals surface area contributed by atoms with E-state index >= 15 is 0 Å². The molecule has 20 heavy (non-hydrogen) atoms. The molecule has 106 valence electrons. The van der Waals surface area contributed by atoms with Crippen molar-refractivity contribution in [3.63, 3.8) is 0 Å². The van der Waals surface area contributed by atoms with Crippen LogP contribution in [-0.4, -0.2) is 21.4 Å². The summed E-state index contributed by atoms with van der Waals surface area (Å²) in [6.45, 7) is 3.71. The second kappa shape index (κ2) is 7.40. The Hall–Kier alpha value is -1.40. The lowest BCUT2D eigenvalue weighted by Crippen LogP contribution is -2.29. The van der Waals surface area contributed by atoms with Gasteiger partial charge in [0.25, 0.3) is 0 Å². The van der Waals surface area contributed by atoms with E-state index in [-0.39, 0.29) is 0 Å². The summed E-state index contributed by atoms with van der Waals surface area (Å²) in [6.07, 6.45) is 2.98. The number of nitrogens with one attached hydrogen (secondary N) is 2. The predicted octanol–water partition coefficient (Wildman–Crippen LogP) is 3.39. The van der Waals surface area contributed by atoms with E-state index in [4.69, 9.17) is 12.2 Å². The highest BCUT2D eigenvalue weighted by atomic mass is 79.9. The zero-order chi connectivity index (χ0) is 14.4. The first kappa shape index (κ1) is 15.0. The number of benzene rings is 1. The fourth-order valence-electron chi connectivity index (χ4n) is 1.69. The average molecular weight is 353 g/mol. The standard InChI is InChI=1S/C14H17BrN4S/c1-2-8-16-14(20)17-13-7-9-19(18-13)10-11-3-5-12(15)6-4-11/h3-7,9H,2,8,10H2,1H3,(H2,16,17,18,20). The lowest BCUT2D eigenvalue weighted by Gasteiger charge is -2.07. The fraction of sp³-hybridized carbons (Fsp3) is 0.286. The van der Waals surface area contributed by atoms with Gasteiger partial charge in [0.05, 0.1) is 6.54 Å². The molecule has 2 rings (SSSR count). The summed E-state index contributed by atoms with van der Waals surface area (Å²) >= 11 is 8.61. The summed E-state index contributed by atoms with van der Waals surface area (Å²) in [5.41, 5.74) is 1.20. The van der Waals surface area contributed by atoms with E-state index in [2.05, 4.69) is 50.7 Å². The smallest absolute Gasteiger partial charge is 0.171 e.